The summed E-state index contributed by atoms with van der Waals surface area (Å²) in [5.41, 5.74) is 1.92. The van der Waals surface area contributed by atoms with Crippen LogP contribution in [0.4, 0.5) is 22.7 Å². The zero-order valence-corrected chi connectivity index (χ0v) is 12.6. The van der Waals surface area contributed by atoms with Gasteiger partial charge in [0.15, 0.2) is 5.69 Å². The van der Waals surface area contributed by atoms with Crippen LogP contribution in [0.25, 0.3) is 0 Å². The van der Waals surface area contributed by atoms with Crippen molar-refractivity contribution in [2.45, 2.75) is 0 Å². The maximum absolute atomic E-state index is 11.1. The summed E-state index contributed by atoms with van der Waals surface area (Å²) >= 11 is 0. The van der Waals surface area contributed by atoms with Crippen molar-refractivity contribution in [3.05, 3.63) is 58.1 Å². The molecule has 8 heteroatoms. The number of nitro benzene ring substituents is 1. The summed E-state index contributed by atoms with van der Waals surface area (Å²) in [6, 6.07) is 11.6. The molecule has 2 aromatic carbocycles. The molecular formula is C15H15N5O3. The van der Waals surface area contributed by atoms with Gasteiger partial charge in [-0.3, -0.25) is 10.1 Å². The van der Waals surface area contributed by atoms with Crippen LogP contribution in [0.1, 0.15) is 5.56 Å². The Bertz CT molecular complexity index is 754. The summed E-state index contributed by atoms with van der Waals surface area (Å²) < 4.78 is 0. The minimum Gasteiger partial charge on any atom is -0.411 e. The van der Waals surface area contributed by atoms with E-state index in [9.17, 15) is 10.1 Å². The fourth-order valence-electron chi connectivity index (χ4n) is 1.85. The van der Waals surface area contributed by atoms with Crippen molar-refractivity contribution >= 4 is 29.0 Å². The molecule has 1 N–H and O–H groups in total. The highest BCUT2D eigenvalue weighted by Gasteiger charge is 2.14. The summed E-state index contributed by atoms with van der Waals surface area (Å²) in [7, 11) is 3.86. The van der Waals surface area contributed by atoms with E-state index in [1.807, 2.05) is 31.1 Å². The van der Waals surface area contributed by atoms with Gasteiger partial charge >= 0.3 is 0 Å². The van der Waals surface area contributed by atoms with E-state index in [2.05, 4.69) is 15.4 Å². The first-order chi connectivity index (χ1) is 11.0. The minimum absolute atomic E-state index is 0.127. The van der Waals surface area contributed by atoms with E-state index in [1.54, 1.807) is 18.2 Å². The smallest absolute Gasteiger partial charge is 0.297 e. The fourth-order valence-corrected chi connectivity index (χ4v) is 1.85. The van der Waals surface area contributed by atoms with Gasteiger partial charge in [-0.1, -0.05) is 11.2 Å². The molecule has 0 radical (unpaired) electrons. The topological polar surface area (TPSA) is 104 Å². The normalized spacial score (nSPS) is 11.2. The average molecular weight is 313 g/mol. The Morgan fingerprint density at radius 2 is 1.83 bits per heavy atom. The van der Waals surface area contributed by atoms with Crippen LogP contribution in [0.2, 0.25) is 0 Å². The molecule has 2 rings (SSSR count). The number of benzene rings is 2. The molecule has 8 nitrogen and oxygen atoms in total. The van der Waals surface area contributed by atoms with Crippen LogP contribution in [-0.4, -0.2) is 30.4 Å². The number of nitro groups is 1. The van der Waals surface area contributed by atoms with Gasteiger partial charge in [-0.15, -0.1) is 5.11 Å². The molecule has 0 heterocycles. The molecule has 0 atom stereocenters. The van der Waals surface area contributed by atoms with E-state index in [4.69, 9.17) is 5.21 Å². The van der Waals surface area contributed by atoms with Gasteiger partial charge in [0.05, 0.1) is 16.8 Å². The third kappa shape index (κ3) is 4.10. The Morgan fingerprint density at radius 3 is 2.39 bits per heavy atom. The lowest BCUT2D eigenvalue weighted by molar-refractivity contribution is -0.384. The van der Waals surface area contributed by atoms with E-state index in [0.29, 0.717) is 11.3 Å². The molecule has 0 spiro atoms. The van der Waals surface area contributed by atoms with E-state index >= 15 is 0 Å². The highest BCUT2D eigenvalue weighted by atomic mass is 16.6. The molecule has 0 aromatic heterocycles. The molecule has 2 aromatic rings. The van der Waals surface area contributed by atoms with Gasteiger partial charge in [0.1, 0.15) is 0 Å². The summed E-state index contributed by atoms with van der Waals surface area (Å²) in [5, 5.41) is 30.4. The van der Waals surface area contributed by atoms with Gasteiger partial charge in [-0.2, -0.15) is 5.11 Å². The molecule has 0 unspecified atom stereocenters. The van der Waals surface area contributed by atoms with E-state index in [1.165, 1.54) is 12.1 Å². The third-order valence-corrected chi connectivity index (χ3v) is 3.04. The second kappa shape index (κ2) is 7.12. The van der Waals surface area contributed by atoms with Gasteiger partial charge < -0.3 is 10.1 Å². The first-order valence-electron chi connectivity index (χ1n) is 6.66. The van der Waals surface area contributed by atoms with Crippen molar-refractivity contribution in [3.63, 3.8) is 0 Å². The van der Waals surface area contributed by atoms with Crippen molar-refractivity contribution < 1.29 is 10.1 Å². The molecule has 118 valence electrons. The Hall–Kier alpha value is -3.29. The maximum atomic E-state index is 11.1. The van der Waals surface area contributed by atoms with Gasteiger partial charge in [-0.05, 0) is 30.3 Å². The Kier molecular flexibility index (Phi) is 4.98. The fraction of sp³-hybridized carbons (Fsp3) is 0.133. The molecule has 0 aliphatic rings. The Balaban J connectivity index is 2.29. The van der Waals surface area contributed by atoms with Crippen LogP contribution >= 0.6 is 0 Å². The van der Waals surface area contributed by atoms with Gasteiger partial charge in [0.2, 0.25) is 0 Å². The quantitative estimate of drug-likeness (QED) is 0.297. The number of hydrogen-bond acceptors (Lipinski definition) is 7. The molecule has 23 heavy (non-hydrogen) atoms. The largest absolute Gasteiger partial charge is 0.411 e. The van der Waals surface area contributed by atoms with Crippen LogP contribution in [0.15, 0.2) is 57.8 Å². The van der Waals surface area contributed by atoms with Crippen molar-refractivity contribution in [3.8, 4) is 0 Å². The first-order valence-corrected chi connectivity index (χ1v) is 6.66. The Labute approximate surface area is 132 Å². The standard InChI is InChI=1S/C15H15N5O3/c1-19(2)13-6-4-12(5-7-13)17-18-14-8-3-11(10-16-21)9-15(14)20(22)23/h3-10,21H,1-2H3/b16-10+,18-17?. The molecule has 0 saturated carbocycles. The van der Waals surface area contributed by atoms with Crippen LogP contribution in [0.3, 0.4) is 0 Å². The molecule has 0 bridgehead atoms. The van der Waals surface area contributed by atoms with E-state index in [0.717, 1.165) is 11.9 Å². The van der Waals surface area contributed by atoms with Crippen molar-refractivity contribution in [1.82, 2.24) is 0 Å². The number of azo groups is 1. The molecule has 0 aliphatic heterocycles. The summed E-state index contributed by atoms with van der Waals surface area (Å²) in [5.74, 6) is 0. The van der Waals surface area contributed by atoms with Crippen LogP contribution in [-0.2, 0) is 0 Å². The first kappa shape index (κ1) is 16.1. The third-order valence-electron chi connectivity index (χ3n) is 3.04. The zero-order chi connectivity index (χ0) is 16.8. The van der Waals surface area contributed by atoms with Crippen LogP contribution < -0.4 is 4.90 Å². The highest BCUT2D eigenvalue weighted by molar-refractivity contribution is 5.82. The lowest BCUT2D eigenvalue weighted by Gasteiger charge is -2.11. The van der Waals surface area contributed by atoms with Crippen molar-refractivity contribution in [2.75, 3.05) is 19.0 Å². The molecule has 0 fully saturated rings. The summed E-state index contributed by atoms with van der Waals surface area (Å²) in [6.45, 7) is 0. The minimum atomic E-state index is -0.557. The molecule has 0 aliphatic carbocycles. The molecule has 0 amide bonds. The number of hydrogen-bond donors (Lipinski definition) is 1. The molecule has 0 saturated heterocycles. The van der Waals surface area contributed by atoms with Gasteiger partial charge in [0, 0.05) is 31.4 Å². The Morgan fingerprint density at radius 1 is 1.13 bits per heavy atom. The highest BCUT2D eigenvalue weighted by Crippen LogP contribution is 2.30. The number of rotatable bonds is 5. The number of anilines is 1. The van der Waals surface area contributed by atoms with Crippen LogP contribution in [0.5, 0.6) is 0 Å². The van der Waals surface area contributed by atoms with Crippen molar-refractivity contribution in [1.29, 1.82) is 0 Å². The maximum Gasteiger partial charge on any atom is 0.297 e. The van der Waals surface area contributed by atoms with Gasteiger partial charge in [-0.25, -0.2) is 0 Å². The van der Waals surface area contributed by atoms with Crippen LogP contribution in [0, 0.1) is 10.1 Å². The number of oxime groups is 1. The van der Waals surface area contributed by atoms with E-state index in [-0.39, 0.29) is 11.4 Å². The lowest BCUT2D eigenvalue weighted by Crippen LogP contribution is -2.07. The van der Waals surface area contributed by atoms with Crippen molar-refractivity contribution in [2.24, 2.45) is 15.4 Å². The average Bonchev–Trinajstić information content (AvgIpc) is 2.54. The zero-order valence-electron chi connectivity index (χ0n) is 12.6. The monoisotopic (exact) mass is 313 g/mol. The second-order valence-electron chi connectivity index (χ2n) is 4.86. The number of nitrogens with zero attached hydrogens (tertiary/aromatic N) is 5. The summed E-state index contributed by atoms with van der Waals surface area (Å²) in [6.07, 6.45) is 1.11. The lowest BCUT2D eigenvalue weighted by atomic mass is 10.2. The molecular weight excluding hydrogens is 298 g/mol. The van der Waals surface area contributed by atoms with Gasteiger partial charge in [0.25, 0.3) is 5.69 Å². The van der Waals surface area contributed by atoms with E-state index < -0.39 is 4.92 Å². The predicted octanol–water partition coefficient (Wildman–Crippen LogP) is 3.88. The predicted molar refractivity (Wildman–Crippen MR) is 87.4 cm³/mol. The summed E-state index contributed by atoms with van der Waals surface area (Å²) in [4.78, 5) is 12.5. The SMILES string of the molecule is CN(C)c1ccc(N=Nc2ccc(/C=N/O)cc2[N+](=O)[O-])cc1. The second-order valence-corrected chi connectivity index (χ2v) is 4.86.